The summed E-state index contributed by atoms with van der Waals surface area (Å²) in [5.41, 5.74) is 6.31. The van der Waals surface area contributed by atoms with Crippen LogP contribution in [0.2, 0.25) is 0 Å². The minimum absolute atomic E-state index is 0.129. The molecule has 4 rings (SSSR count). The number of nitrogens with one attached hydrogen (secondary N) is 1. The molecule has 10 heteroatoms. The van der Waals surface area contributed by atoms with Crippen LogP contribution in [0.3, 0.4) is 0 Å². The number of nitriles is 1. The first-order valence-electron chi connectivity index (χ1n) is 7.58. The predicted octanol–water partition coefficient (Wildman–Crippen LogP) is -0.0619. The predicted molar refractivity (Wildman–Crippen MR) is 85.7 cm³/mol. The third-order valence-corrected chi connectivity index (χ3v) is 4.47. The number of hydrogen-bond acceptors (Lipinski definition) is 8. The Hall–Kier alpha value is -3.00. The van der Waals surface area contributed by atoms with E-state index in [-0.39, 0.29) is 6.42 Å². The van der Waals surface area contributed by atoms with Gasteiger partial charge in [0.1, 0.15) is 36.2 Å². The van der Waals surface area contributed by atoms with Crippen molar-refractivity contribution in [3.8, 4) is 17.3 Å². The van der Waals surface area contributed by atoms with Gasteiger partial charge in [-0.2, -0.15) is 10.4 Å². The molecule has 1 aliphatic heterocycles. The molecule has 0 radical (unpaired) electrons. The van der Waals surface area contributed by atoms with Gasteiger partial charge in [0.25, 0.3) is 0 Å². The highest BCUT2D eigenvalue weighted by atomic mass is 16.6. The van der Waals surface area contributed by atoms with Gasteiger partial charge in [-0.25, -0.2) is 9.97 Å². The van der Waals surface area contributed by atoms with Gasteiger partial charge in [-0.15, -0.1) is 0 Å². The Morgan fingerprint density at radius 2 is 2.36 bits per heavy atom. The van der Waals surface area contributed by atoms with Crippen LogP contribution in [0.25, 0.3) is 22.3 Å². The Morgan fingerprint density at radius 3 is 3.00 bits per heavy atom. The van der Waals surface area contributed by atoms with Crippen LogP contribution in [-0.2, 0) is 4.74 Å². The van der Waals surface area contributed by atoms with Gasteiger partial charge in [0, 0.05) is 24.4 Å². The summed E-state index contributed by atoms with van der Waals surface area (Å²) in [6.07, 6.45) is 3.02. The number of rotatable bonds is 3. The van der Waals surface area contributed by atoms with Crippen LogP contribution in [-0.4, -0.2) is 53.3 Å². The summed E-state index contributed by atoms with van der Waals surface area (Å²) in [4.78, 5) is 8.30. The maximum atomic E-state index is 10.2. The SMILES string of the molecule is N#C[C@]1(CO)O[C@@H](n2cc(-c3ccn[nH]3)c3c(N)ncnc32)C[C@@H]1O. The lowest BCUT2D eigenvalue weighted by Crippen LogP contribution is -2.41. The lowest BCUT2D eigenvalue weighted by molar-refractivity contribution is -0.0903. The van der Waals surface area contributed by atoms with Gasteiger partial charge >= 0.3 is 0 Å². The van der Waals surface area contributed by atoms with E-state index in [9.17, 15) is 15.5 Å². The maximum Gasteiger partial charge on any atom is 0.205 e. The van der Waals surface area contributed by atoms with Crippen LogP contribution < -0.4 is 5.73 Å². The quantitative estimate of drug-likeness (QED) is 0.515. The highest BCUT2D eigenvalue weighted by Crippen LogP contribution is 2.40. The zero-order chi connectivity index (χ0) is 17.6. The normalized spacial score (nSPS) is 26.1. The van der Waals surface area contributed by atoms with Crippen LogP contribution in [0.4, 0.5) is 5.82 Å². The van der Waals surface area contributed by atoms with Crippen molar-refractivity contribution in [3.05, 3.63) is 24.8 Å². The molecule has 10 nitrogen and oxygen atoms in total. The molecular weight excluding hydrogens is 326 g/mol. The fraction of sp³-hybridized carbons (Fsp3) is 0.333. The molecule has 0 spiro atoms. The zero-order valence-corrected chi connectivity index (χ0v) is 13.0. The summed E-state index contributed by atoms with van der Waals surface area (Å²) >= 11 is 0. The molecule has 0 unspecified atom stereocenters. The Morgan fingerprint density at radius 1 is 1.52 bits per heavy atom. The molecular formula is C15H15N7O3. The first-order chi connectivity index (χ1) is 12.1. The Balaban J connectivity index is 1.87. The van der Waals surface area contributed by atoms with E-state index >= 15 is 0 Å². The molecule has 3 aromatic rings. The monoisotopic (exact) mass is 341 g/mol. The first-order valence-corrected chi connectivity index (χ1v) is 7.58. The van der Waals surface area contributed by atoms with Gasteiger partial charge in [0.15, 0.2) is 0 Å². The van der Waals surface area contributed by atoms with Crippen LogP contribution >= 0.6 is 0 Å². The fourth-order valence-electron chi connectivity index (χ4n) is 3.14. The van der Waals surface area contributed by atoms with Crippen molar-refractivity contribution in [1.29, 1.82) is 5.26 Å². The third kappa shape index (κ3) is 2.18. The number of aliphatic hydroxyl groups excluding tert-OH is 2. The van der Waals surface area contributed by atoms with E-state index in [0.717, 1.165) is 11.3 Å². The number of ether oxygens (including phenoxy) is 1. The molecule has 1 aliphatic rings. The number of H-pyrrole nitrogens is 1. The molecule has 0 aromatic carbocycles. The van der Waals surface area contributed by atoms with Gasteiger partial charge in [-0.05, 0) is 6.07 Å². The summed E-state index contributed by atoms with van der Waals surface area (Å²) < 4.78 is 7.38. The number of fused-ring (bicyclic) bond motifs is 1. The van der Waals surface area contributed by atoms with E-state index in [1.54, 1.807) is 23.0 Å². The van der Waals surface area contributed by atoms with Crippen molar-refractivity contribution in [1.82, 2.24) is 24.7 Å². The van der Waals surface area contributed by atoms with Gasteiger partial charge in [0.05, 0.1) is 17.7 Å². The largest absolute Gasteiger partial charge is 0.392 e. The van der Waals surface area contributed by atoms with Gasteiger partial charge in [0.2, 0.25) is 5.60 Å². The van der Waals surface area contributed by atoms with E-state index in [1.165, 1.54) is 6.33 Å². The Labute approximate surface area is 141 Å². The lowest BCUT2D eigenvalue weighted by Gasteiger charge is -2.21. The van der Waals surface area contributed by atoms with Crippen LogP contribution in [0.15, 0.2) is 24.8 Å². The molecule has 4 heterocycles. The summed E-state index contributed by atoms with van der Waals surface area (Å²) in [5.74, 6) is 0.292. The second-order valence-electron chi connectivity index (χ2n) is 5.86. The molecule has 0 amide bonds. The summed E-state index contributed by atoms with van der Waals surface area (Å²) in [6.45, 7) is -0.606. The number of aliphatic hydroxyl groups is 2. The third-order valence-electron chi connectivity index (χ3n) is 4.47. The minimum atomic E-state index is -1.66. The molecule has 5 N–H and O–H groups in total. The van der Waals surface area contributed by atoms with Crippen LogP contribution in [0.5, 0.6) is 0 Å². The van der Waals surface area contributed by atoms with Gasteiger partial charge in [-0.3, -0.25) is 5.10 Å². The molecule has 3 aromatic heterocycles. The zero-order valence-electron chi connectivity index (χ0n) is 13.0. The first kappa shape index (κ1) is 15.5. The van der Waals surface area contributed by atoms with E-state index in [1.807, 2.05) is 6.07 Å². The highest BCUT2D eigenvalue weighted by Gasteiger charge is 2.49. The Bertz CT molecular complexity index is 962. The number of nitrogen functional groups attached to an aromatic ring is 1. The number of hydrogen-bond donors (Lipinski definition) is 4. The van der Waals surface area contributed by atoms with Crippen molar-refractivity contribution in [2.75, 3.05) is 12.3 Å². The number of nitrogens with zero attached hydrogens (tertiary/aromatic N) is 5. The number of aromatic amines is 1. The van der Waals surface area contributed by atoms with Gasteiger partial charge < -0.3 is 25.3 Å². The van der Waals surface area contributed by atoms with E-state index in [2.05, 4.69) is 20.2 Å². The second kappa shape index (κ2) is 5.52. The summed E-state index contributed by atoms with van der Waals surface area (Å²) in [6, 6.07) is 3.64. The summed E-state index contributed by atoms with van der Waals surface area (Å²) in [7, 11) is 0. The smallest absolute Gasteiger partial charge is 0.205 e. The summed E-state index contributed by atoms with van der Waals surface area (Å²) in [5, 5.41) is 36.4. The molecule has 25 heavy (non-hydrogen) atoms. The molecule has 128 valence electrons. The molecule has 1 saturated heterocycles. The van der Waals surface area contributed by atoms with Crippen molar-refractivity contribution in [2.24, 2.45) is 0 Å². The standard InChI is InChI=1S/C15H15N7O3/c16-5-15(6-23)10(24)3-11(25-15)22-4-8(9-1-2-20-21-9)12-13(17)18-7-19-14(12)22/h1-2,4,7,10-11,23-24H,3,6H2,(H,20,21)(H2,17,18,19)/t10-,11+,15+/m0/s1. The second-order valence-corrected chi connectivity index (χ2v) is 5.86. The maximum absolute atomic E-state index is 10.2. The van der Waals surface area contributed by atoms with Crippen LogP contribution in [0.1, 0.15) is 12.6 Å². The average Bonchev–Trinajstić information content (AvgIpc) is 3.32. The minimum Gasteiger partial charge on any atom is -0.392 e. The topological polar surface area (TPSA) is 159 Å². The molecule has 0 saturated carbocycles. The van der Waals surface area contributed by atoms with Crippen molar-refractivity contribution in [2.45, 2.75) is 24.4 Å². The van der Waals surface area contributed by atoms with Crippen LogP contribution in [0, 0.1) is 11.3 Å². The molecule has 3 atom stereocenters. The average molecular weight is 341 g/mol. The van der Waals surface area contributed by atoms with E-state index < -0.39 is 24.5 Å². The molecule has 0 aliphatic carbocycles. The highest BCUT2D eigenvalue weighted by molar-refractivity contribution is 5.99. The van der Waals surface area contributed by atoms with E-state index in [4.69, 9.17) is 10.5 Å². The van der Waals surface area contributed by atoms with Crippen molar-refractivity contribution in [3.63, 3.8) is 0 Å². The Kier molecular flexibility index (Phi) is 3.43. The van der Waals surface area contributed by atoms with Crippen molar-refractivity contribution >= 4 is 16.9 Å². The number of aromatic nitrogens is 5. The molecule has 1 fully saturated rings. The molecule has 0 bridgehead atoms. The van der Waals surface area contributed by atoms with Gasteiger partial charge in [-0.1, -0.05) is 0 Å². The van der Waals surface area contributed by atoms with E-state index in [0.29, 0.717) is 16.9 Å². The fourth-order valence-corrected chi connectivity index (χ4v) is 3.14. The number of nitrogens with two attached hydrogens (primary N) is 1. The number of anilines is 1. The lowest BCUT2D eigenvalue weighted by atomic mass is 10.00. The van der Waals surface area contributed by atoms with Crippen molar-refractivity contribution < 1.29 is 14.9 Å².